The van der Waals surface area contributed by atoms with Gasteiger partial charge in [0.15, 0.2) is 0 Å². The van der Waals surface area contributed by atoms with Crippen molar-refractivity contribution in [2.45, 2.75) is 25.9 Å². The molecule has 0 radical (unpaired) electrons. The van der Waals surface area contributed by atoms with E-state index in [-0.39, 0.29) is 12.0 Å². The van der Waals surface area contributed by atoms with Crippen LogP contribution < -0.4 is 5.32 Å². The molecule has 3 nitrogen and oxygen atoms in total. The Morgan fingerprint density at radius 2 is 2.18 bits per heavy atom. The minimum absolute atomic E-state index is 0.132. The van der Waals surface area contributed by atoms with Crippen LogP contribution in [0, 0.1) is 0 Å². The quantitative estimate of drug-likeness (QED) is 0.843. The molecule has 0 aromatic heterocycles. The first-order valence-electron chi connectivity index (χ1n) is 5.46. The van der Waals surface area contributed by atoms with Crippen molar-refractivity contribution >= 4 is 37.8 Å². The Kier molecular flexibility index (Phi) is 6.16. The number of hydrogen-bond donors (Lipinski definition) is 2. The van der Waals surface area contributed by atoms with E-state index in [1.54, 1.807) is 6.07 Å². The zero-order valence-electron chi connectivity index (χ0n) is 9.54. The van der Waals surface area contributed by atoms with Crippen molar-refractivity contribution in [1.29, 1.82) is 0 Å². The van der Waals surface area contributed by atoms with E-state index in [0.717, 1.165) is 8.95 Å². The third-order valence-corrected chi connectivity index (χ3v) is 3.56. The number of rotatable bonds is 5. The Bertz CT molecular complexity index is 396. The van der Waals surface area contributed by atoms with Crippen molar-refractivity contribution in [3.05, 3.63) is 32.7 Å². The van der Waals surface area contributed by atoms with Gasteiger partial charge < -0.3 is 10.4 Å². The maximum atomic E-state index is 11.8. The largest absolute Gasteiger partial charge is 0.393 e. The molecule has 0 saturated carbocycles. The van der Waals surface area contributed by atoms with E-state index in [2.05, 4.69) is 37.2 Å². The summed E-state index contributed by atoms with van der Waals surface area (Å²) in [6.45, 7) is 2.40. The van der Waals surface area contributed by atoms with E-state index in [1.807, 2.05) is 19.1 Å². The molecule has 1 aromatic carbocycles. The standard InChI is InChI=1S/C12H15Br2NO2/c1-2-9(16)5-6-15-12(17)10-4-3-8(13)7-11(10)14/h3-4,7,9,16H,2,5-6H2,1H3,(H,15,17). The first-order chi connectivity index (χ1) is 8.04. The summed E-state index contributed by atoms with van der Waals surface area (Å²) in [6.07, 6.45) is 0.942. The number of aliphatic hydroxyl groups is 1. The summed E-state index contributed by atoms with van der Waals surface area (Å²) in [5, 5.41) is 12.1. The summed E-state index contributed by atoms with van der Waals surface area (Å²) in [5.41, 5.74) is 0.596. The molecule has 0 heterocycles. The fraction of sp³-hybridized carbons (Fsp3) is 0.417. The van der Waals surface area contributed by atoms with Gasteiger partial charge in [0.25, 0.3) is 5.91 Å². The predicted octanol–water partition coefficient (Wildman–Crippen LogP) is 3.10. The highest BCUT2D eigenvalue weighted by Crippen LogP contribution is 2.21. The zero-order valence-corrected chi connectivity index (χ0v) is 12.7. The monoisotopic (exact) mass is 363 g/mol. The van der Waals surface area contributed by atoms with Gasteiger partial charge in [0.2, 0.25) is 0 Å². The number of hydrogen-bond acceptors (Lipinski definition) is 2. The average Bonchev–Trinajstić information content (AvgIpc) is 2.28. The molecular weight excluding hydrogens is 350 g/mol. The van der Waals surface area contributed by atoms with Crippen LogP contribution in [0.15, 0.2) is 27.1 Å². The molecule has 0 bridgehead atoms. The van der Waals surface area contributed by atoms with Crippen molar-refractivity contribution in [2.75, 3.05) is 6.54 Å². The highest BCUT2D eigenvalue weighted by Gasteiger charge is 2.10. The lowest BCUT2D eigenvalue weighted by atomic mass is 10.2. The molecule has 0 fully saturated rings. The fourth-order valence-corrected chi connectivity index (χ4v) is 2.55. The van der Waals surface area contributed by atoms with Crippen LogP contribution in [0.1, 0.15) is 30.1 Å². The lowest BCUT2D eigenvalue weighted by molar-refractivity contribution is 0.0941. The van der Waals surface area contributed by atoms with Gasteiger partial charge in [-0.25, -0.2) is 0 Å². The second kappa shape index (κ2) is 7.13. The third kappa shape index (κ3) is 4.77. The zero-order chi connectivity index (χ0) is 12.8. The topological polar surface area (TPSA) is 49.3 Å². The molecule has 1 unspecified atom stereocenters. The number of carbonyl (C=O) groups is 1. The number of carbonyl (C=O) groups excluding carboxylic acids is 1. The molecule has 0 aliphatic rings. The highest BCUT2D eigenvalue weighted by molar-refractivity contribution is 9.11. The smallest absolute Gasteiger partial charge is 0.252 e. The Morgan fingerprint density at radius 1 is 1.47 bits per heavy atom. The maximum absolute atomic E-state index is 11.8. The highest BCUT2D eigenvalue weighted by atomic mass is 79.9. The van der Waals surface area contributed by atoms with Crippen molar-refractivity contribution in [3.63, 3.8) is 0 Å². The third-order valence-electron chi connectivity index (χ3n) is 2.41. The lowest BCUT2D eigenvalue weighted by Crippen LogP contribution is -2.27. The summed E-state index contributed by atoms with van der Waals surface area (Å²) in [5.74, 6) is -0.132. The number of nitrogens with one attached hydrogen (secondary N) is 1. The second-order valence-electron chi connectivity index (χ2n) is 3.73. The van der Waals surface area contributed by atoms with E-state index in [1.165, 1.54) is 0 Å². The number of halogens is 2. The van der Waals surface area contributed by atoms with Gasteiger partial charge in [-0.2, -0.15) is 0 Å². The Morgan fingerprint density at radius 3 is 2.76 bits per heavy atom. The summed E-state index contributed by atoms with van der Waals surface area (Å²) < 4.78 is 1.67. The van der Waals surface area contributed by atoms with Crippen molar-refractivity contribution < 1.29 is 9.90 Å². The van der Waals surface area contributed by atoms with Gasteiger partial charge in [-0.1, -0.05) is 22.9 Å². The van der Waals surface area contributed by atoms with Gasteiger partial charge in [0.05, 0.1) is 11.7 Å². The van der Waals surface area contributed by atoms with Gasteiger partial charge in [0, 0.05) is 15.5 Å². The average molecular weight is 365 g/mol. The molecular formula is C12H15Br2NO2. The minimum atomic E-state index is -0.344. The van der Waals surface area contributed by atoms with E-state index in [0.29, 0.717) is 24.9 Å². The first kappa shape index (κ1) is 14.7. The summed E-state index contributed by atoms with van der Waals surface area (Å²) >= 11 is 6.67. The van der Waals surface area contributed by atoms with Gasteiger partial charge in [0.1, 0.15) is 0 Å². The molecule has 1 amide bonds. The van der Waals surface area contributed by atoms with Crippen LogP contribution in [0.25, 0.3) is 0 Å². The number of benzene rings is 1. The molecule has 0 saturated heterocycles. The van der Waals surface area contributed by atoms with Crippen LogP contribution in [0.3, 0.4) is 0 Å². The van der Waals surface area contributed by atoms with Gasteiger partial charge in [-0.15, -0.1) is 0 Å². The van der Waals surface area contributed by atoms with E-state index in [4.69, 9.17) is 0 Å². The Hall–Kier alpha value is -0.390. The molecule has 17 heavy (non-hydrogen) atoms. The van der Waals surface area contributed by atoms with E-state index < -0.39 is 0 Å². The lowest BCUT2D eigenvalue weighted by Gasteiger charge is -2.09. The van der Waals surface area contributed by atoms with Gasteiger partial charge in [-0.3, -0.25) is 4.79 Å². The molecule has 94 valence electrons. The summed E-state index contributed by atoms with van der Waals surface area (Å²) in [7, 11) is 0. The molecule has 1 rings (SSSR count). The maximum Gasteiger partial charge on any atom is 0.252 e. The predicted molar refractivity (Wildman–Crippen MR) is 75.1 cm³/mol. The van der Waals surface area contributed by atoms with Crippen LogP contribution in [-0.2, 0) is 0 Å². The fourth-order valence-electron chi connectivity index (χ4n) is 1.33. The minimum Gasteiger partial charge on any atom is -0.393 e. The number of aliphatic hydroxyl groups excluding tert-OH is 1. The molecule has 0 aliphatic heterocycles. The van der Waals surface area contributed by atoms with Crippen LogP contribution in [0.2, 0.25) is 0 Å². The Balaban J connectivity index is 2.52. The van der Waals surface area contributed by atoms with Crippen molar-refractivity contribution in [1.82, 2.24) is 5.32 Å². The first-order valence-corrected chi connectivity index (χ1v) is 7.04. The summed E-state index contributed by atoms with van der Waals surface area (Å²) in [4.78, 5) is 11.8. The normalized spacial score (nSPS) is 12.2. The molecule has 1 atom stereocenters. The van der Waals surface area contributed by atoms with Crippen LogP contribution in [0.4, 0.5) is 0 Å². The second-order valence-corrected chi connectivity index (χ2v) is 5.50. The van der Waals surface area contributed by atoms with Gasteiger partial charge >= 0.3 is 0 Å². The van der Waals surface area contributed by atoms with E-state index >= 15 is 0 Å². The van der Waals surface area contributed by atoms with Gasteiger partial charge in [-0.05, 0) is 47.0 Å². The molecule has 0 spiro atoms. The molecule has 5 heteroatoms. The summed E-state index contributed by atoms with van der Waals surface area (Å²) in [6, 6.07) is 5.40. The SMILES string of the molecule is CCC(O)CCNC(=O)c1ccc(Br)cc1Br. The van der Waals surface area contributed by atoms with Crippen LogP contribution >= 0.6 is 31.9 Å². The number of amides is 1. The van der Waals surface area contributed by atoms with Crippen molar-refractivity contribution in [2.24, 2.45) is 0 Å². The Labute approximate surface area is 118 Å². The molecule has 0 aliphatic carbocycles. The van der Waals surface area contributed by atoms with E-state index in [9.17, 15) is 9.90 Å². The van der Waals surface area contributed by atoms with Crippen LogP contribution in [0.5, 0.6) is 0 Å². The van der Waals surface area contributed by atoms with Crippen LogP contribution in [-0.4, -0.2) is 23.7 Å². The molecule has 1 aromatic rings. The molecule has 2 N–H and O–H groups in total. The van der Waals surface area contributed by atoms with Crippen molar-refractivity contribution in [3.8, 4) is 0 Å².